The Balaban J connectivity index is 1.52. The molecule has 4 rings (SSSR count). The third-order valence-electron chi connectivity index (χ3n) is 6.41. The lowest BCUT2D eigenvalue weighted by Gasteiger charge is -2.47. The zero-order valence-electron chi connectivity index (χ0n) is 18.6. The molecule has 1 aromatic heterocycles. The molecule has 0 saturated heterocycles. The minimum atomic E-state index is -0.209. The minimum absolute atomic E-state index is 0.204. The number of nitrogens with one attached hydrogen (secondary N) is 2. The Labute approximate surface area is 188 Å². The molecule has 2 fully saturated rings. The van der Waals surface area contributed by atoms with Crippen molar-refractivity contribution in [2.24, 2.45) is 17.8 Å². The summed E-state index contributed by atoms with van der Waals surface area (Å²) in [4.78, 5) is 15.0. The second-order valence-corrected chi connectivity index (χ2v) is 10.6. The number of ether oxygens (including phenoxy) is 1. The topological polar surface area (TPSA) is 76.4 Å². The summed E-state index contributed by atoms with van der Waals surface area (Å²) < 4.78 is 11.3. The summed E-state index contributed by atoms with van der Waals surface area (Å²) in [6, 6.07) is 9.92. The number of likely N-dealkylation sites (N-methyl/N-ethyl adjacent to an activating group) is 1. The van der Waals surface area contributed by atoms with Gasteiger partial charge in [-0.05, 0) is 81.1 Å². The van der Waals surface area contributed by atoms with Gasteiger partial charge in [0.1, 0.15) is 11.5 Å². The zero-order valence-corrected chi connectivity index (χ0v) is 19.5. The van der Waals surface area contributed by atoms with E-state index in [1.807, 2.05) is 37.4 Å². The van der Waals surface area contributed by atoms with Crippen LogP contribution in [0.25, 0.3) is 0 Å². The van der Waals surface area contributed by atoms with Crippen LogP contribution in [0.15, 0.2) is 44.6 Å². The van der Waals surface area contributed by atoms with Crippen LogP contribution in [-0.4, -0.2) is 36.8 Å². The van der Waals surface area contributed by atoms with Crippen molar-refractivity contribution in [3.05, 3.63) is 36.1 Å². The highest BCUT2D eigenvalue weighted by atomic mass is 32.2. The molecule has 2 bridgehead atoms. The number of aromatic nitrogens is 1. The Morgan fingerprint density at radius 3 is 2.61 bits per heavy atom. The van der Waals surface area contributed by atoms with E-state index in [0.717, 1.165) is 23.7 Å². The molecule has 1 heterocycles. The van der Waals surface area contributed by atoms with E-state index in [2.05, 4.69) is 29.6 Å². The molecular formula is C24H33N3O3S. The molecule has 2 atom stereocenters. The van der Waals surface area contributed by atoms with Crippen molar-refractivity contribution in [1.29, 1.82) is 0 Å². The number of carbonyl (C=O) groups excluding carboxylic acids is 1. The van der Waals surface area contributed by atoms with Gasteiger partial charge in [-0.25, -0.2) is 0 Å². The fourth-order valence-electron chi connectivity index (χ4n) is 5.47. The van der Waals surface area contributed by atoms with Crippen LogP contribution in [0.4, 0.5) is 0 Å². The van der Waals surface area contributed by atoms with E-state index in [-0.39, 0.29) is 17.2 Å². The van der Waals surface area contributed by atoms with E-state index < -0.39 is 0 Å². The molecule has 1 amide bonds. The third kappa shape index (κ3) is 5.44. The van der Waals surface area contributed by atoms with E-state index in [9.17, 15) is 4.79 Å². The van der Waals surface area contributed by atoms with Gasteiger partial charge in [-0.2, -0.15) is 0 Å². The van der Waals surface area contributed by atoms with Crippen LogP contribution in [0.5, 0.6) is 5.88 Å². The molecule has 1 aromatic carbocycles. The Morgan fingerprint density at radius 2 is 1.94 bits per heavy atom. The lowest BCUT2D eigenvalue weighted by molar-refractivity contribution is 0.0591. The van der Waals surface area contributed by atoms with Gasteiger partial charge in [0, 0.05) is 17.0 Å². The largest absolute Gasteiger partial charge is 0.473 e. The highest BCUT2D eigenvalue weighted by Crippen LogP contribution is 2.46. The van der Waals surface area contributed by atoms with Crippen molar-refractivity contribution in [1.82, 2.24) is 15.8 Å². The smallest absolute Gasteiger partial charge is 0.291 e. The van der Waals surface area contributed by atoms with Gasteiger partial charge in [0.2, 0.25) is 5.76 Å². The predicted molar refractivity (Wildman–Crippen MR) is 122 cm³/mol. The van der Waals surface area contributed by atoms with E-state index >= 15 is 0 Å². The molecule has 2 aromatic rings. The van der Waals surface area contributed by atoms with Crippen LogP contribution in [0, 0.1) is 17.8 Å². The Hall–Kier alpha value is -1.99. The van der Waals surface area contributed by atoms with E-state index in [0.29, 0.717) is 35.8 Å². The van der Waals surface area contributed by atoms with Crippen LogP contribution in [0.3, 0.4) is 0 Å². The lowest BCUT2D eigenvalue weighted by Crippen LogP contribution is -2.52. The number of rotatable bonds is 8. The zero-order chi connectivity index (χ0) is 21.8. The highest BCUT2D eigenvalue weighted by molar-refractivity contribution is 7.99. The average molecular weight is 444 g/mol. The van der Waals surface area contributed by atoms with Crippen LogP contribution in [0.2, 0.25) is 0 Å². The Bertz CT molecular complexity index is 867. The minimum Gasteiger partial charge on any atom is -0.473 e. The molecular weight excluding hydrogens is 410 g/mol. The lowest BCUT2D eigenvalue weighted by atomic mass is 9.62. The van der Waals surface area contributed by atoms with Gasteiger partial charge in [0.05, 0.1) is 0 Å². The van der Waals surface area contributed by atoms with Gasteiger partial charge >= 0.3 is 0 Å². The fourth-order valence-corrected chi connectivity index (χ4v) is 6.41. The quantitative estimate of drug-likeness (QED) is 0.573. The van der Waals surface area contributed by atoms with Crippen molar-refractivity contribution >= 4 is 17.7 Å². The standard InChI is InChI=1S/C24H33N3O3S/c1-16-11-17-13-18(12-16)15-24(2,14-17)26-22(28)20-21(31-19-7-5-4-6-8-19)23(27-30-20)29-10-9-25-3/h4-8,16-18,25H,9-15H2,1-3H3,(H,26,28). The first-order valence-electron chi connectivity index (χ1n) is 11.3. The summed E-state index contributed by atoms with van der Waals surface area (Å²) in [5.41, 5.74) is -0.209. The molecule has 2 saturated carbocycles. The number of hydrogen-bond acceptors (Lipinski definition) is 6. The average Bonchev–Trinajstić information content (AvgIpc) is 3.10. The first kappa shape index (κ1) is 22.2. The summed E-state index contributed by atoms with van der Waals surface area (Å²) in [6.07, 6.45) is 5.89. The number of nitrogens with zero attached hydrogens (tertiary/aromatic N) is 1. The molecule has 31 heavy (non-hydrogen) atoms. The maximum absolute atomic E-state index is 13.3. The molecule has 2 N–H and O–H groups in total. The van der Waals surface area contributed by atoms with Crippen LogP contribution in [-0.2, 0) is 0 Å². The van der Waals surface area contributed by atoms with E-state index in [1.165, 1.54) is 31.0 Å². The molecule has 2 aliphatic carbocycles. The molecule has 0 spiro atoms. The van der Waals surface area contributed by atoms with Crippen molar-refractivity contribution in [3.63, 3.8) is 0 Å². The summed E-state index contributed by atoms with van der Waals surface area (Å²) in [5, 5.41) is 10.4. The summed E-state index contributed by atoms with van der Waals surface area (Å²) in [5.74, 6) is 2.59. The van der Waals surface area contributed by atoms with Gasteiger partial charge < -0.3 is 19.9 Å². The summed E-state index contributed by atoms with van der Waals surface area (Å²) in [7, 11) is 1.87. The van der Waals surface area contributed by atoms with Crippen molar-refractivity contribution in [3.8, 4) is 5.88 Å². The maximum Gasteiger partial charge on any atom is 0.291 e. The van der Waals surface area contributed by atoms with E-state index in [1.54, 1.807) is 0 Å². The number of fused-ring (bicyclic) bond motifs is 2. The number of carbonyl (C=O) groups is 1. The monoisotopic (exact) mass is 443 g/mol. The highest BCUT2D eigenvalue weighted by Gasteiger charge is 2.42. The summed E-state index contributed by atoms with van der Waals surface area (Å²) >= 11 is 1.45. The molecule has 2 aliphatic rings. The molecule has 0 radical (unpaired) electrons. The first-order chi connectivity index (χ1) is 15.0. The Morgan fingerprint density at radius 1 is 1.23 bits per heavy atom. The van der Waals surface area contributed by atoms with Crippen molar-refractivity contribution in [2.45, 2.75) is 61.3 Å². The van der Waals surface area contributed by atoms with E-state index in [4.69, 9.17) is 9.26 Å². The third-order valence-corrected chi connectivity index (χ3v) is 7.48. The van der Waals surface area contributed by atoms with Gasteiger partial charge in [0.15, 0.2) is 0 Å². The van der Waals surface area contributed by atoms with Crippen molar-refractivity contribution < 1.29 is 14.1 Å². The SMILES string of the molecule is CNCCOc1noc(C(=O)NC2(C)CC3CC(C)CC(C3)C2)c1Sc1ccccc1. The van der Waals surface area contributed by atoms with Crippen molar-refractivity contribution in [2.75, 3.05) is 20.2 Å². The number of amides is 1. The predicted octanol–water partition coefficient (Wildman–Crippen LogP) is 4.76. The maximum atomic E-state index is 13.3. The van der Waals surface area contributed by atoms with Gasteiger partial charge in [-0.3, -0.25) is 4.79 Å². The fraction of sp³-hybridized carbons (Fsp3) is 0.583. The van der Waals surface area contributed by atoms with Gasteiger partial charge in [-0.15, -0.1) is 0 Å². The van der Waals surface area contributed by atoms with Crippen LogP contribution >= 0.6 is 11.8 Å². The van der Waals surface area contributed by atoms with Gasteiger partial charge in [0.25, 0.3) is 11.8 Å². The first-order valence-corrected chi connectivity index (χ1v) is 12.1. The second kappa shape index (κ2) is 9.65. The molecule has 7 heteroatoms. The number of hydrogen-bond donors (Lipinski definition) is 2. The van der Waals surface area contributed by atoms with Crippen LogP contribution < -0.4 is 15.4 Å². The second-order valence-electron chi connectivity index (χ2n) is 9.48. The van der Waals surface area contributed by atoms with Crippen LogP contribution in [0.1, 0.15) is 56.5 Å². The molecule has 6 nitrogen and oxygen atoms in total. The number of benzene rings is 1. The molecule has 168 valence electrons. The molecule has 2 unspecified atom stereocenters. The van der Waals surface area contributed by atoms with Gasteiger partial charge in [-0.1, -0.05) is 36.9 Å². The molecule has 0 aliphatic heterocycles. The Kier molecular flexibility index (Phi) is 6.92. The normalized spacial score (nSPS) is 27.6. The summed E-state index contributed by atoms with van der Waals surface area (Å²) in [6.45, 7) is 5.68.